The zero-order valence-corrected chi connectivity index (χ0v) is 7.03. The summed E-state index contributed by atoms with van der Waals surface area (Å²) in [7, 11) is -1.63. The van der Waals surface area contributed by atoms with E-state index in [1.165, 1.54) is 0 Å². The number of hydrogen-bond acceptors (Lipinski definition) is 2. The SMILES string of the molecule is OP(O)CCCCBr. The lowest BCUT2D eigenvalue weighted by Crippen LogP contribution is -1.82. The smallest absolute Gasteiger partial charge is 0.164 e. The first-order chi connectivity index (χ1) is 3.77. The van der Waals surface area contributed by atoms with E-state index in [1.54, 1.807) is 0 Å². The summed E-state index contributed by atoms with van der Waals surface area (Å²) in [6, 6.07) is 0. The lowest BCUT2D eigenvalue weighted by atomic mass is 10.4. The van der Waals surface area contributed by atoms with Crippen LogP contribution in [-0.2, 0) is 0 Å². The summed E-state index contributed by atoms with van der Waals surface area (Å²) in [4.78, 5) is 16.8. The van der Waals surface area contributed by atoms with Gasteiger partial charge in [0.05, 0.1) is 0 Å². The summed E-state index contributed by atoms with van der Waals surface area (Å²) < 4.78 is 0. The lowest BCUT2D eigenvalue weighted by Gasteiger charge is -1.97. The van der Waals surface area contributed by atoms with E-state index in [4.69, 9.17) is 9.79 Å². The molecular weight excluding hydrogens is 191 g/mol. The van der Waals surface area contributed by atoms with E-state index in [-0.39, 0.29) is 0 Å². The summed E-state index contributed by atoms with van der Waals surface area (Å²) >= 11 is 3.24. The van der Waals surface area contributed by atoms with Crippen molar-refractivity contribution in [2.45, 2.75) is 12.8 Å². The van der Waals surface area contributed by atoms with Gasteiger partial charge in [-0.05, 0) is 12.8 Å². The molecule has 2 N–H and O–H groups in total. The fraction of sp³-hybridized carbons (Fsp3) is 1.00. The van der Waals surface area contributed by atoms with E-state index in [0.717, 1.165) is 18.2 Å². The van der Waals surface area contributed by atoms with E-state index in [0.29, 0.717) is 6.16 Å². The molecule has 4 heteroatoms. The molecule has 0 aliphatic heterocycles. The third-order valence-corrected chi connectivity index (χ3v) is 2.02. The van der Waals surface area contributed by atoms with Gasteiger partial charge in [0.25, 0.3) is 0 Å². The highest BCUT2D eigenvalue weighted by Gasteiger charge is 1.95. The van der Waals surface area contributed by atoms with Crippen molar-refractivity contribution in [3.8, 4) is 0 Å². The first-order valence-corrected chi connectivity index (χ1v) is 5.04. The Morgan fingerprint density at radius 1 is 1.25 bits per heavy atom. The quantitative estimate of drug-likeness (QED) is 0.410. The van der Waals surface area contributed by atoms with Crippen LogP contribution in [0.5, 0.6) is 0 Å². The molecule has 0 aromatic carbocycles. The molecule has 0 aromatic heterocycles. The zero-order chi connectivity index (χ0) is 6.41. The average molecular weight is 201 g/mol. The van der Waals surface area contributed by atoms with Crippen LogP contribution in [0, 0.1) is 0 Å². The van der Waals surface area contributed by atoms with Crippen LogP contribution in [0.3, 0.4) is 0 Å². The van der Waals surface area contributed by atoms with Crippen molar-refractivity contribution >= 4 is 24.3 Å². The fourth-order valence-corrected chi connectivity index (χ4v) is 1.25. The van der Waals surface area contributed by atoms with Gasteiger partial charge in [-0.2, -0.15) is 0 Å². The molecule has 0 aliphatic carbocycles. The number of hydrogen-bond donors (Lipinski definition) is 2. The average Bonchev–Trinajstić information content (AvgIpc) is 1.66. The molecule has 0 spiro atoms. The summed E-state index contributed by atoms with van der Waals surface area (Å²) in [5.41, 5.74) is 0. The van der Waals surface area contributed by atoms with Gasteiger partial charge in [0.15, 0.2) is 8.38 Å². The fourth-order valence-electron chi connectivity index (χ4n) is 0.348. The van der Waals surface area contributed by atoms with Gasteiger partial charge >= 0.3 is 0 Å². The zero-order valence-electron chi connectivity index (χ0n) is 4.55. The maximum atomic E-state index is 8.38. The minimum absolute atomic E-state index is 0.556. The molecule has 50 valence electrons. The Hall–Kier alpha value is 0.830. The molecule has 0 radical (unpaired) electrons. The van der Waals surface area contributed by atoms with Crippen LogP contribution in [0.2, 0.25) is 0 Å². The first kappa shape index (κ1) is 8.83. The molecule has 0 fully saturated rings. The van der Waals surface area contributed by atoms with Crippen molar-refractivity contribution in [2.24, 2.45) is 0 Å². The van der Waals surface area contributed by atoms with Crippen molar-refractivity contribution in [3.63, 3.8) is 0 Å². The summed E-state index contributed by atoms with van der Waals surface area (Å²) in [6.45, 7) is 0. The van der Waals surface area contributed by atoms with E-state index in [1.807, 2.05) is 0 Å². The highest BCUT2D eigenvalue weighted by molar-refractivity contribution is 9.09. The minimum atomic E-state index is -1.63. The van der Waals surface area contributed by atoms with Crippen molar-refractivity contribution in [2.75, 3.05) is 11.5 Å². The third kappa shape index (κ3) is 6.83. The van der Waals surface area contributed by atoms with Gasteiger partial charge in [-0.15, -0.1) is 0 Å². The van der Waals surface area contributed by atoms with Gasteiger partial charge in [-0.25, -0.2) is 0 Å². The van der Waals surface area contributed by atoms with Gasteiger partial charge < -0.3 is 9.79 Å². The Labute approximate surface area is 59.0 Å². The monoisotopic (exact) mass is 200 g/mol. The van der Waals surface area contributed by atoms with E-state index in [9.17, 15) is 0 Å². The van der Waals surface area contributed by atoms with Crippen molar-refractivity contribution < 1.29 is 9.79 Å². The Bertz CT molecular complexity index is 51.3. The summed E-state index contributed by atoms with van der Waals surface area (Å²) in [5.74, 6) is 0. The Morgan fingerprint density at radius 3 is 2.25 bits per heavy atom. The molecule has 0 saturated carbocycles. The van der Waals surface area contributed by atoms with Crippen LogP contribution in [0.15, 0.2) is 0 Å². The number of unbranched alkanes of at least 4 members (excludes halogenated alkanes) is 1. The number of halogens is 1. The van der Waals surface area contributed by atoms with Crippen LogP contribution in [0.1, 0.15) is 12.8 Å². The van der Waals surface area contributed by atoms with E-state index < -0.39 is 8.38 Å². The second-order valence-corrected chi connectivity index (χ2v) is 3.48. The Balaban J connectivity index is 2.72. The van der Waals surface area contributed by atoms with Crippen molar-refractivity contribution in [1.82, 2.24) is 0 Å². The maximum Gasteiger partial charge on any atom is 0.164 e. The largest absolute Gasteiger partial charge is 0.350 e. The topological polar surface area (TPSA) is 40.5 Å². The molecule has 0 bridgehead atoms. The standard InChI is InChI=1S/C4H10BrO2P/c5-3-1-2-4-8(6)7/h6-7H,1-4H2. The maximum absolute atomic E-state index is 8.38. The lowest BCUT2D eigenvalue weighted by molar-refractivity contribution is 0.480. The van der Waals surface area contributed by atoms with Crippen LogP contribution in [-0.4, -0.2) is 21.3 Å². The second kappa shape index (κ2) is 5.96. The normalized spacial score (nSPS) is 10.5. The molecule has 0 aromatic rings. The van der Waals surface area contributed by atoms with E-state index in [2.05, 4.69) is 15.9 Å². The van der Waals surface area contributed by atoms with Crippen LogP contribution in [0.4, 0.5) is 0 Å². The summed E-state index contributed by atoms with van der Waals surface area (Å²) in [6.07, 6.45) is 2.49. The molecule has 0 heterocycles. The molecular formula is C4H10BrO2P. The first-order valence-electron chi connectivity index (χ1n) is 2.48. The second-order valence-electron chi connectivity index (χ2n) is 1.49. The molecule has 0 atom stereocenters. The van der Waals surface area contributed by atoms with Gasteiger partial charge in [-0.1, -0.05) is 15.9 Å². The molecule has 0 rings (SSSR count). The number of rotatable bonds is 4. The highest BCUT2D eigenvalue weighted by atomic mass is 79.9. The highest BCUT2D eigenvalue weighted by Crippen LogP contribution is 2.23. The van der Waals surface area contributed by atoms with Gasteiger partial charge in [0, 0.05) is 11.5 Å². The minimum Gasteiger partial charge on any atom is -0.350 e. The van der Waals surface area contributed by atoms with Crippen molar-refractivity contribution in [3.05, 3.63) is 0 Å². The third-order valence-electron chi connectivity index (χ3n) is 0.742. The molecule has 2 nitrogen and oxygen atoms in total. The molecule has 0 unspecified atom stereocenters. The predicted octanol–water partition coefficient (Wildman–Crippen LogP) is 1.46. The van der Waals surface area contributed by atoms with Crippen LogP contribution >= 0.6 is 24.3 Å². The van der Waals surface area contributed by atoms with Crippen LogP contribution < -0.4 is 0 Å². The predicted molar refractivity (Wildman–Crippen MR) is 39.3 cm³/mol. The molecule has 0 saturated heterocycles. The van der Waals surface area contributed by atoms with Crippen LogP contribution in [0.25, 0.3) is 0 Å². The van der Waals surface area contributed by atoms with E-state index >= 15 is 0 Å². The van der Waals surface area contributed by atoms with Gasteiger partial charge in [-0.3, -0.25) is 0 Å². The number of alkyl halides is 1. The van der Waals surface area contributed by atoms with Crippen molar-refractivity contribution in [1.29, 1.82) is 0 Å². The molecule has 0 amide bonds. The van der Waals surface area contributed by atoms with Gasteiger partial charge in [0.2, 0.25) is 0 Å². The Morgan fingerprint density at radius 2 is 1.88 bits per heavy atom. The van der Waals surface area contributed by atoms with Gasteiger partial charge in [0.1, 0.15) is 0 Å². The molecule has 8 heavy (non-hydrogen) atoms. The Kier molecular flexibility index (Phi) is 6.58. The summed E-state index contributed by atoms with van der Waals surface area (Å²) in [5, 5.41) is 0.955. The molecule has 0 aliphatic rings.